The highest BCUT2D eigenvalue weighted by Crippen LogP contribution is 2.31. The number of likely N-dealkylation sites (tertiary alicyclic amines) is 1. The molecule has 1 atom stereocenters. The lowest BCUT2D eigenvalue weighted by Gasteiger charge is -2.33. The average molecular weight is 555 g/mol. The van der Waals surface area contributed by atoms with E-state index in [1.54, 1.807) is 41.3 Å². The zero-order valence-corrected chi connectivity index (χ0v) is 22.9. The number of benzene rings is 2. The van der Waals surface area contributed by atoms with Crippen LogP contribution in [0, 0.1) is 11.7 Å². The summed E-state index contributed by atoms with van der Waals surface area (Å²) in [5, 5.41) is 8.63. The van der Waals surface area contributed by atoms with E-state index in [1.807, 2.05) is 6.07 Å². The van der Waals surface area contributed by atoms with Gasteiger partial charge in [-0.2, -0.15) is 5.10 Å². The summed E-state index contributed by atoms with van der Waals surface area (Å²) in [7, 11) is 7.89. The first-order chi connectivity index (χ1) is 19.8. The summed E-state index contributed by atoms with van der Waals surface area (Å²) in [6, 6.07) is 8.37. The molecule has 2 aliphatic heterocycles. The zero-order chi connectivity index (χ0) is 28.7. The number of ether oxygens (including phenoxy) is 1. The number of nitrogens with zero attached hydrogens (tertiary/aromatic N) is 3. The van der Waals surface area contributed by atoms with E-state index in [-0.39, 0.29) is 35.2 Å². The van der Waals surface area contributed by atoms with Crippen molar-refractivity contribution in [3.05, 3.63) is 69.4 Å². The maximum atomic E-state index is 14.1. The molecule has 2 aromatic carbocycles. The molecule has 4 aromatic rings. The fourth-order valence-electron chi connectivity index (χ4n) is 6.35. The van der Waals surface area contributed by atoms with Crippen molar-refractivity contribution in [2.24, 2.45) is 5.92 Å². The van der Waals surface area contributed by atoms with E-state index < -0.39 is 11.7 Å². The molecule has 6 rings (SSSR count). The number of aromatic amines is 2. The third-order valence-electron chi connectivity index (χ3n) is 8.58. The molecule has 2 aromatic heterocycles. The number of halogens is 1. The number of hydrogen-bond acceptors (Lipinski definition) is 5. The Labute approximate surface area is 237 Å². The summed E-state index contributed by atoms with van der Waals surface area (Å²) in [6.07, 6.45) is 3.47. The summed E-state index contributed by atoms with van der Waals surface area (Å²) >= 11 is 0. The Balaban J connectivity index is 1.18. The second-order valence-electron chi connectivity index (χ2n) is 11.0. The van der Waals surface area contributed by atoms with E-state index in [4.69, 9.17) is 12.6 Å². The van der Waals surface area contributed by atoms with Crippen LogP contribution in [0.5, 0.6) is 0 Å². The fraction of sp³-hybridized carbons (Fsp3) is 0.400. The van der Waals surface area contributed by atoms with E-state index in [2.05, 4.69) is 15.2 Å². The molecule has 210 valence electrons. The first kappa shape index (κ1) is 27.2. The molecule has 2 aliphatic rings. The third kappa shape index (κ3) is 5.14. The molecule has 2 N–H and O–H groups in total. The SMILES string of the molecule is [B]c1cc2c(c3cn[nH]c13)CN(CCOC)C(=O)[C@H](CC(=O)N1CCC(c3cc4cccc(F)c4[nH]c3=O)CC1)C2. The number of piperidine rings is 1. The number of methoxy groups -OCH3 is 1. The Morgan fingerprint density at radius 1 is 1.20 bits per heavy atom. The number of hydrogen-bond donors (Lipinski definition) is 2. The lowest BCUT2D eigenvalue weighted by molar-refractivity contribution is -0.142. The lowest BCUT2D eigenvalue weighted by atomic mass is 9.85. The normalized spacial score (nSPS) is 18.2. The minimum Gasteiger partial charge on any atom is -0.383 e. The number of para-hydroxylation sites is 1. The molecule has 41 heavy (non-hydrogen) atoms. The Kier molecular flexibility index (Phi) is 7.38. The fourth-order valence-corrected chi connectivity index (χ4v) is 6.35. The van der Waals surface area contributed by atoms with Crippen LogP contribution in [0.15, 0.2) is 41.3 Å². The van der Waals surface area contributed by atoms with Gasteiger partial charge in [0, 0.05) is 56.0 Å². The second kappa shape index (κ2) is 11.1. The number of aromatic nitrogens is 3. The highest BCUT2D eigenvalue weighted by Gasteiger charge is 2.34. The smallest absolute Gasteiger partial charge is 0.251 e. The van der Waals surface area contributed by atoms with Gasteiger partial charge in [-0.1, -0.05) is 23.7 Å². The van der Waals surface area contributed by atoms with Gasteiger partial charge in [0.1, 0.15) is 13.7 Å². The Morgan fingerprint density at radius 3 is 2.78 bits per heavy atom. The largest absolute Gasteiger partial charge is 0.383 e. The molecule has 1 fully saturated rings. The number of nitrogens with one attached hydrogen (secondary N) is 2. The maximum absolute atomic E-state index is 14.1. The molecule has 9 nitrogen and oxygen atoms in total. The van der Waals surface area contributed by atoms with Crippen molar-refractivity contribution in [2.45, 2.75) is 38.1 Å². The van der Waals surface area contributed by atoms with Gasteiger partial charge in [0.15, 0.2) is 0 Å². The van der Waals surface area contributed by atoms with Gasteiger partial charge in [-0.3, -0.25) is 19.5 Å². The number of H-pyrrole nitrogens is 2. The molecule has 2 radical (unpaired) electrons. The van der Waals surface area contributed by atoms with Crippen molar-refractivity contribution in [1.82, 2.24) is 25.0 Å². The van der Waals surface area contributed by atoms with Crippen LogP contribution in [0.25, 0.3) is 21.8 Å². The van der Waals surface area contributed by atoms with Crippen LogP contribution in [0.1, 0.15) is 41.9 Å². The molecule has 4 heterocycles. The van der Waals surface area contributed by atoms with Crippen molar-refractivity contribution >= 4 is 46.9 Å². The van der Waals surface area contributed by atoms with Crippen LogP contribution in [-0.2, 0) is 27.3 Å². The Morgan fingerprint density at radius 2 is 2.00 bits per heavy atom. The molecule has 0 saturated carbocycles. The minimum absolute atomic E-state index is 0.0354. The van der Waals surface area contributed by atoms with Gasteiger partial charge in [-0.05, 0) is 48.4 Å². The standard InChI is InChI=1S/C30H31BFN5O4/c1-41-10-9-37-16-23-19(13-24(31)28-22(23)15-33-35-28)11-20(30(37)40)14-26(38)36-7-5-17(6-8-36)21-12-18-3-2-4-25(32)27(18)34-29(21)39/h2-4,12-13,15,17,20H,5-11,14,16H2,1H3,(H,33,35)(H,34,39)/t20-/m0/s1. The number of pyridine rings is 1. The molecular weight excluding hydrogens is 524 g/mol. The molecule has 1 saturated heterocycles. The van der Waals surface area contributed by atoms with Crippen molar-refractivity contribution in [2.75, 3.05) is 33.4 Å². The first-order valence-electron chi connectivity index (χ1n) is 13.9. The van der Waals surface area contributed by atoms with Crippen LogP contribution in [-0.4, -0.2) is 78.0 Å². The molecule has 0 unspecified atom stereocenters. The van der Waals surface area contributed by atoms with Crippen molar-refractivity contribution in [3.8, 4) is 0 Å². The molecule has 0 bridgehead atoms. The van der Waals surface area contributed by atoms with E-state index in [9.17, 15) is 18.8 Å². The lowest BCUT2D eigenvalue weighted by Crippen LogP contribution is -2.42. The van der Waals surface area contributed by atoms with E-state index in [0.29, 0.717) is 68.5 Å². The first-order valence-corrected chi connectivity index (χ1v) is 13.9. The van der Waals surface area contributed by atoms with Gasteiger partial charge in [0.05, 0.1) is 29.8 Å². The topological polar surface area (TPSA) is 111 Å². The van der Waals surface area contributed by atoms with Gasteiger partial charge in [-0.15, -0.1) is 0 Å². The molecular formula is C30H31BFN5O4. The predicted octanol–water partition coefficient (Wildman–Crippen LogP) is 2.28. The summed E-state index contributed by atoms with van der Waals surface area (Å²) in [5.41, 5.74) is 3.78. The number of amides is 2. The summed E-state index contributed by atoms with van der Waals surface area (Å²) < 4.78 is 19.4. The maximum Gasteiger partial charge on any atom is 0.251 e. The second-order valence-corrected chi connectivity index (χ2v) is 11.0. The van der Waals surface area contributed by atoms with Gasteiger partial charge in [0.25, 0.3) is 5.56 Å². The molecule has 0 aliphatic carbocycles. The van der Waals surface area contributed by atoms with Crippen LogP contribution < -0.4 is 11.0 Å². The zero-order valence-electron chi connectivity index (χ0n) is 22.9. The van der Waals surface area contributed by atoms with E-state index in [1.165, 1.54) is 6.07 Å². The monoisotopic (exact) mass is 555 g/mol. The van der Waals surface area contributed by atoms with Crippen LogP contribution in [0.2, 0.25) is 0 Å². The number of rotatable bonds is 6. The van der Waals surface area contributed by atoms with Crippen molar-refractivity contribution < 1.29 is 18.7 Å². The number of carbonyl (C=O) groups excluding carboxylic acids is 2. The highest BCUT2D eigenvalue weighted by atomic mass is 19.1. The number of fused-ring (bicyclic) bond motifs is 4. The van der Waals surface area contributed by atoms with Crippen molar-refractivity contribution in [3.63, 3.8) is 0 Å². The van der Waals surface area contributed by atoms with Crippen molar-refractivity contribution in [1.29, 1.82) is 0 Å². The Bertz CT molecular complexity index is 1690. The Hall–Kier alpha value is -3.99. The summed E-state index contributed by atoms with van der Waals surface area (Å²) in [6.45, 7) is 2.17. The summed E-state index contributed by atoms with van der Waals surface area (Å²) in [4.78, 5) is 46.2. The van der Waals surface area contributed by atoms with Gasteiger partial charge < -0.3 is 19.5 Å². The van der Waals surface area contributed by atoms with Gasteiger partial charge >= 0.3 is 0 Å². The highest BCUT2D eigenvalue weighted by molar-refractivity contribution is 6.38. The molecule has 11 heteroatoms. The van der Waals surface area contributed by atoms with Gasteiger partial charge in [-0.25, -0.2) is 4.39 Å². The average Bonchev–Trinajstić information content (AvgIpc) is 3.43. The predicted molar refractivity (Wildman–Crippen MR) is 154 cm³/mol. The quantitative estimate of drug-likeness (QED) is 0.355. The molecule has 2 amide bonds. The third-order valence-corrected chi connectivity index (χ3v) is 8.58. The van der Waals surface area contributed by atoms with Crippen LogP contribution in [0.3, 0.4) is 0 Å². The van der Waals surface area contributed by atoms with Gasteiger partial charge in [0.2, 0.25) is 11.8 Å². The minimum atomic E-state index is -0.527. The number of carbonyl (C=O) groups is 2. The van der Waals surface area contributed by atoms with E-state index >= 15 is 0 Å². The summed E-state index contributed by atoms with van der Waals surface area (Å²) in [5.74, 6) is -1.18. The van der Waals surface area contributed by atoms with Crippen LogP contribution >= 0.6 is 0 Å². The molecule has 0 spiro atoms. The van der Waals surface area contributed by atoms with Crippen LogP contribution in [0.4, 0.5) is 4.39 Å². The van der Waals surface area contributed by atoms with E-state index in [0.717, 1.165) is 22.0 Å².